The van der Waals surface area contributed by atoms with Crippen molar-refractivity contribution in [1.29, 1.82) is 0 Å². The second kappa shape index (κ2) is 7.89. The Hall–Kier alpha value is -0.480. The Kier molecular flexibility index (Phi) is 5.56. The largest absolute Gasteiger partial charge is 0.387 e. The number of nitrogens with one attached hydrogen (secondary N) is 2. The summed E-state index contributed by atoms with van der Waals surface area (Å²) in [5.74, 6) is 0.434. The minimum atomic E-state index is -1.05. The van der Waals surface area contributed by atoms with E-state index in [1.807, 2.05) is 6.07 Å². The van der Waals surface area contributed by atoms with Crippen molar-refractivity contribution in [1.82, 2.24) is 15.5 Å². The number of fused-ring (bicyclic) bond motifs is 2. The lowest BCUT2D eigenvalue weighted by Gasteiger charge is -2.40. The van der Waals surface area contributed by atoms with Crippen LogP contribution in [0.1, 0.15) is 30.6 Å². The standard InChI is InChI=1S/C20H27Cl2N3O4/c1-9-11-2-4-25(19(11)24-8-23-9)20-16(27)15(26)18(29-20)17-12-7-14(22)13(21)6-10(12)3-5-28-17/h6-7,9,11,15-20,23-24,26-27H,2-5,8H2,1H3/t9?,11?,15-,16+,17+,18-,19?,20+/m0/s1. The predicted molar refractivity (Wildman–Crippen MR) is 109 cm³/mol. The van der Waals surface area contributed by atoms with Crippen molar-refractivity contribution in [2.75, 3.05) is 19.8 Å². The third kappa shape index (κ3) is 3.41. The van der Waals surface area contributed by atoms with Crippen LogP contribution in [0, 0.1) is 5.92 Å². The predicted octanol–water partition coefficient (Wildman–Crippen LogP) is 1.24. The highest BCUT2D eigenvalue weighted by Crippen LogP contribution is 2.42. The van der Waals surface area contributed by atoms with Crippen molar-refractivity contribution in [2.45, 2.75) is 62.6 Å². The molecular formula is C20H27Cl2N3O4. The zero-order valence-electron chi connectivity index (χ0n) is 16.2. The maximum Gasteiger partial charge on any atom is 0.141 e. The van der Waals surface area contributed by atoms with E-state index >= 15 is 0 Å². The third-order valence-corrected chi connectivity index (χ3v) is 7.64. The van der Waals surface area contributed by atoms with Gasteiger partial charge >= 0.3 is 0 Å². The van der Waals surface area contributed by atoms with Crippen LogP contribution in [0.2, 0.25) is 10.0 Å². The van der Waals surface area contributed by atoms with Gasteiger partial charge in [-0.1, -0.05) is 23.2 Å². The molecule has 3 saturated heterocycles. The molecule has 8 atom stereocenters. The first-order valence-corrected chi connectivity index (χ1v) is 11.0. The topological polar surface area (TPSA) is 86.2 Å². The number of halogens is 2. The zero-order valence-corrected chi connectivity index (χ0v) is 17.7. The van der Waals surface area contributed by atoms with Crippen molar-refractivity contribution in [3.05, 3.63) is 33.3 Å². The average Bonchev–Trinajstić information content (AvgIpc) is 3.25. The lowest BCUT2D eigenvalue weighted by atomic mass is 9.92. The van der Waals surface area contributed by atoms with Gasteiger partial charge in [-0.05, 0) is 43.0 Å². The van der Waals surface area contributed by atoms with Gasteiger partial charge in [0.15, 0.2) is 0 Å². The van der Waals surface area contributed by atoms with Gasteiger partial charge in [-0.25, -0.2) is 0 Å². The quantitative estimate of drug-likeness (QED) is 0.546. The van der Waals surface area contributed by atoms with E-state index in [-0.39, 0.29) is 6.17 Å². The van der Waals surface area contributed by atoms with Crippen LogP contribution in [0.3, 0.4) is 0 Å². The van der Waals surface area contributed by atoms with E-state index in [9.17, 15) is 10.2 Å². The van der Waals surface area contributed by atoms with Crippen molar-refractivity contribution in [2.24, 2.45) is 5.92 Å². The highest BCUT2D eigenvalue weighted by molar-refractivity contribution is 6.42. The van der Waals surface area contributed by atoms with E-state index in [0.717, 1.165) is 30.5 Å². The van der Waals surface area contributed by atoms with Crippen molar-refractivity contribution < 1.29 is 19.7 Å². The number of aliphatic hydroxyl groups excluding tert-OH is 2. The van der Waals surface area contributed by atoms with Crippen molar-refractivity contribution >= 4 is 23.2 Å². The lowest BCUT2D eigenvalue weighted by Crippen LogP contribution is -2.61. The summed E-state index contributed by atoms with van der Waals surface area (Å²) in [6, 6.07) is 4.04. The summed E-state index contributed by atoms with van der Waals surface area (Å²) in [7, 11) is 0. The zero-order chi connectivity index (χ0) is 20.3. The summed E-state index contributed by atoms with van der Waals surface area (Å²) in [6.45, 7) is 4.21. The van der Waals surface area contributed by atoms with Gasteiger partial charge in [0, 0.05) is 25.2 Å². The summed E-state index contributed by atoms with van der Waals surface area (Å²) in [6.07, 6.45) is -1.97. The Balaban J connectivity index is 1.39. The van der Waals surface area contributed by atoms with Gasteiger partial charge in [0.2, 0.25) is 0 Å². The summed E-state index contributed by atoms with van der Waals surface area (Å²) >= 11 is 12.4. The molecule has 0 saturated carbocycles. The molecule has 3 fully saturated rings. The minimum absolute atomic E-state index is 0.115. The summed E-state index contributed by atoms with van der Waals surface area (Å²) < 4.78 is 12.3. The molecular weight excluding hydrogens is 417 g/mol. The van der Waals surface area contributed by atoms with Gasteiger partial charge in [-0.2, -0.15) is 0 Å². The fourth-order valence-electron chi connectivity index (χ4n) is 5.35. The van der Waals surface area contributed by atoms with Crippen LogP contribution in [0.15, 0.2) is 12.1 Å². The van der Waals surface area contributed by atoms with E-state index in [1.165, 1.54) is 0 Å². The van der Waals surface area contributed by atoms with E-state index in [4.69, 9.17) is 32.7 Å². The van der Waals surface area contributed by atoms with Crippen LogP contribution in [-0.2, 0) is 15.9 Å². The molecule has 4 heterocycles. The van der Waals surface area contributed by atoms with E-state index < -0.39 is 30.6 Å². The fourth-order valence-corrected chi connectivity index (χ4v) is 5.70. The fraction of sp³-hybridized carbons (Fsp3) is 0.700. The Morgan fingerprint density at radius 1 is 1.14 bits per heavy atom. The second-order valence-electron chi connectivity index (χ2n) is 8.49. The molecule has 0 aromatic heterocycles. The van der Waals surface area contributed by atoms with Gasteiger partial charge in [-0.15, -0.1) is 0 Å². The van der Waals surface area contributed by atoms with Crippen LogP contribution in [-0.4, -0.2) is 71.7 Å². The normalized spacial score (nSPS) is 42.7. The number of hydrogen-bond donors (Lipinski definition) is 4. The first kappa shape index (κ1) is 20.4. The number of aliphatic hydroxyl groups is 2. The highest BCUT2D eigenvalue weighted by Gasteiger charge is 2.54. The van der Waals surface area contributed by atoms with Gasteiger partial charge in [0.25, 0.3) is 0 Å². The van der Waals surface area contributed by atoms with Gasteiger partial charge in [-0.3, -0.25) is 10.2 Å². The summed E-state index contributed by atoms with van der Waals surface area (Å²) in [5, 5.41) is 29.6. The molecule has 29 heavy (non-hydrogen) atoms. The SMILES string of the molecule is CC1NCNC2C1CCN2[C@@H]1O[C@H]([C@@H]2OCCc3cc(Cl)c(Cl)cc32)[C@@H](O)[C@H]1O. The smallest absolute Gasteiger partial charge is 0.141 e. The van der Waals surface area contributed by atoms with Gasteiger partial charge < -0.3 is 25.0 Å². The molecule has 7 nitrogen and oxygen atoms in total. The van der Waals surface area contributed by atoms with Gasteiger partial charge in [0.05, 0.1) is 22.8 Å². The monoisotopic (exact) mass is 443 g/mol. The van der Waals surface area contributed by atoms with Crippen molar-refractivity contribution in [3.63, 3.8) is 0 Å². The number of nitrogens with zero attached hydrogens (tertiary/aromatic N) is 1. The van der Waals surface area contributed by atoms with Crippen LogP contribution < -0.4 is 10.6 Å². The number of likely N-dealkylation sites (tertiary alicyclic amines) is 1. The molecule has 0 radical (unpaired) electrons. The molecule has 4 aliphatic rings. The Morgan fingerprint density at radius 3 is 2.76 bits per heavy atom. The van der Waals surface area contributed by atoms with E-state index in [1.54, 1.807) is 6.07 Å². The van der Waals surface area contributed by atoms with Crippen molar-refractivity contribution in [3.8, 4) is 0 Å². The molecule has 4 aliphatic heterocycles. The molecule has 9 heteroatoms. The summed E-state index contributed by atoms with van der Waals surface area (Å²) in [4.78, 5) is 2.15. The molecule has 5 rings (SSSR count). The maximum atomic E-state index is 10.9. The number of benzene rings is 1. The van der Waals surface area contributed by atoms with Crippen LogP contribution in [0.5, 0.6) is 0 Å². The first-order chi connectivity index (χ1) is 14.0. The van der Waals surface area contributed by atoms with Crippen LogP contribution >= 0.6 is 23.2 Å². The second-order valence-corrected chi connectivity index (χ2v) is 9.30. The molecule has 0 aliphatic carbocycles. The van der Waals surface area contributed by atoms with E-state index in [0.29, 0.717) is 35.3 Å². The number of hydrogen-bond acceptors (Lipinski definition) is 7. The number of ether oxygens (including phenoxy) is 2. The molecule has 0 spiro atoms. The Labute approximate surface area is 180 Å². The molecule has 0 amide bonds. The van der Waals surface area contributed by atoms with Crippen LogP contribution in [0.25, 0.3) is 0 Å². The Morgan fingerprint density at radius 2 is 1.93 bits per heavy atom. The van der Waals surface area contributed by atoms with Crippen LogP contribution in [0.4, 0.5) is 0 Å². The molecule has 160 valence electrons. The highest BCUT2D eigenvalue weighted by atomic mass is 35.5. The maximum absolute atomic E-state index is 10.9. The minimum Gasteiger partial charge on any atom is -0.387 e. The Bertz CT molecular complexity index is 784. The molecule has 1 aromatic carbocycles. The van der Waals surface area contributed by atoms with Gasteiger partial charge in [0.1, 0.15) is 30.6 Å². The summed E-state index contributed by atoms with van der Waals surface area (Å²) in [5.41, 5.74) is 1.91. The first-order valence-electron chi connectivity index (χ1n) is 10.3. The molecule has 0 bridgehead atoms. The number of rotatable bonds is 2. The third-order valence-electron chi connectivity index (χ3n) is 6.92. The lowest BCUT2D eigenvalue weighted by molar-refractivity contribution is -0.141. The molecule has 3 unspecified atom stereocenters. The van der Waals surface area contributed by atoms with E-state index in [2.05, 4.69) is 22.5 Å². The average molecular weight is 444 g/mol. The molecule has 4 N–H and O–H groups in total. The molecule has 1 aromatic rings.